The van der Waals surface area contributed by atoms with E-state index in [2.05, 4.69) is 88.9 Å². The molecule has 3 heterocycles. The zero-order chi connectivity index (χ0) is 44.1. The van der Waals surface area contributed by atoms with Crippen molar-refractivity contribution in [2.24, 2.45) is 0 Å². The number of rotatable bonds is 2. The minimum absolute atomic E-state index is 0.0207. The van der Waals surface area contributed by atoms with Crippen LogP contribution in [0, 0.1) is 6.92 Å². The first-order valence-electron chi connectivity index (χ1n) is 22.3. The Labute approximate surface area is 328 Å². The second-order valence-corrected chi connectivity index (χ2v) is 19.1. The second-order valence-electron chi connectivity index (χ2n) is 19.1. The van der Waals surface area contributed by atoms with E-state index in [1.54, 1.807) is 4.90 Å². The first-order valence-corrected chi connectivity index (χ1v) is 18.8. The first-order chi connectivity index (χ1) is 27.7. The molecule has 0 bridgehead atoms. The highest BCUT2D eigenvalue weighted by Crippen LogP contribution is 2.48. The Morgan fingerprint density at radius 1 is 0.547 bits per heavy atom. The molecule has 2 aliphatic heterocycles. The van der Waals surface area contributed by atoms with Gasteiger partial charge in [-0.1, -0.05) is 125 Å². The van der Waals surface area contributed by atoms with Crippen LogP contribution >= 0.6 is 0 Å². The maximum Gasteiger partial charge on any atom is 0.297 e. The Balaban J connectivity index is 1.59. The molecule has 0 aliphatic carbocycles. The maximum atomic E-state index is 10.1. The van der Waals surface area contributed by atoms with Crippen molar-refractivity contribution in [2.75, 3.05) is 9.80 Å². The van der Waals surface area contributed by atoms with Crippen molar-refractivity contribution in [1.82, 2.24) is 0 Å². The molecule has 0 fully saturated rings. The molecule has 1 aromatic heterocycles. The van der Waals surface area contributed by atoms with Gasteiger partial charge in [0.15, 0.2) is 0 Å². The van der Waals surface area contributed by atoms with E-state index in [9.17, 15) is 9.60 Å². The molecule has 0 N–H and O–H groups in total. The van der Waals surface area contributed by atoms with Gasteiger partial charge in [0, 0.05) is 33.8 Å². The fraction of sp³-hybridized carbons (Fsp3) is 0.347. The van der Waals surface area contributed by atoms with Crippen LogP contribution in [0.1, 0.15) is 120 Å². The summed E-state index contributed by atoms with van der Waals surface area (Å²) in [5.41, 5.74) is 8.07. The highest BCUT2D eigenvalue weighted by Gasteiger charge is 2.47. The van der Waals surface area contributed by atoms with Crippen molar-refractivity contribution in [1.29, 1.82) is 0 Å². The molecule has 0 amide bonds. The quantitative estimate of drug-likeness (QED) is 0.167. The lowest BCUT2D eigenvalue weighted by Crippen LogP contribution is -2.61. The topological polar surface area (TPSA) is 19.6 Å². The summed E-state index contributed by atoms with van der Waals surface area (Å²) in [4.78, 5) is 3.89. The monoisotopic (exact) mass is 705 g/mol. The Morgan fingerprint density at radius 3 is 1.68 bits per heavy atom. The van der Waals surface area contributed by atoms with Gasteiger partial charge in [0.05, 0.1) is 20.9 Å². The highest BCUT2D eigenvalue weighted by molar-refractivity contribution is 7.00. The van der Waals surface area contributed by atoms with Crippen LogP contribution in [0.5, 0.6) is 0 Å². The van der Waals surface area contributed by atoms with E-state index in [0.29, 0.717) is 33.5 Å². The third kappa shape index (κ3) is 5.81. The average Bonchev–Trinajstić information content (AvgIpc) is 3.50. The standard InChI is InChI=1S/C49H55BN2O/c1-30-26-40-43-41(27-30)52(36-22-16-32(17-23-36)47(5,6)7)44-37-28-33(48(8,9)10)19-25-42(37)53-45(44)50(43)38-29-34(49(11,12)13)18-24-39(38)51(40)35-20-14-31(15-21-35)46(2,3)4/h14-29H,1-13H3/i14D,15D,18D,20D,21D,24D,29D. The van der Waals surface area contributed by atoms with Crippen LogP contribution < -0.4 is 26.4 Å². The lowest BCUT2D eigenvalue weighted by Gasteiger charge is -2.43. The summed E-state index contributed by atoms with van der Waals surface area (Å²) in [7, 11) is 0. The molecule has 270 valence electrons. The molecule has 5 aromatic carbocycles. The molecule has 0 spiro atoms. The third-order valence-corrected chi connectivity index (χ3v) is 10.8. The van der Waals surface area contributed by atoms with Crippen LogP contribution in [-0.4, -0.2) is 6.71 Å². The van der Waals surface area contributed by atoms with Crippen molar-refractivity contribution in [2.45, 2.75) is 112 Å². The summed E-state index contributed by atoms with van der Waals surface area (Å²) in [5.74, 6) is 0. The van der Waals surface area contributed by atoms with Crippen molar-refractivity contribution >= 4 is 68.4 Å². The van der Waals surface area contributed by atoms with Gasteiger partial charge < -0.3 is 14.2 Å². The first kappa shape index (κ1) is 27.8. The van der Waals surface area contributed by atoms with E-state index in [0.717, 1.165) is 39.0 Å². The molecule has 8 rings (SSSR count). The van der Waals surface area contributed by atoms with Gasteiger partial charge in [0.2, 0.25) is 0 Å². The van der Waals surface area contributed by atoms with Crippen molar-refractivity contribution in [3.05, 3.63) is 125 Å². The summed E-state index contributed by atoms with van der Waals surface area (Å²) < 4.78 is 74.3. The Bertz CT molecular complexity index is 2770. The number of fused-ring (bicyclic) bond motifs is 6. The molecule has 0 unspecified atom stereocenters. The van der Waals surface area contributed by atoms with Gasteiger partial charge in [-0.15, -0.1) is 0 Å². The molecule has 6 aromatic rings. The molecule has 0 saturated heterocycles. The van der Waals surface area contributed by atoms with E-state index >= 15 is 0 Å². The Kier molecular flexibility index (Phi) is 6.12. The number of hydrogen-bond donors (Lipinski definition) is 0. The third-order valence-electron chi connectivity index (χ3n) is 10.8. The van der Waals surface area contributed by atoms with E-state index in [-0.39, 0.29) is 64.5 Å². The van der Waals surface area contributed by atoms with Crippen LogP contribution in [0.4, 0.5) is 34.1 Å². The Morgan fingerprint density at radius 2 is 1.09 bits per heavy atom. The molecular formula is C49H55BN2O. The smallest absolute Gasteiger partial charge is 0.297 e. The highest BCUT2D eigenvalue weighted by atomic mass is 16.3. The fourth-order valence-electron chi connectivity index (χ4n) is 7.65. The summed E-state index contributed by atoms with van der Waals surface area (Å²) in [6, 6.07) is 18.0. The summed E-state index contributed by atoms with van der Waals surface area (Å²) in [5, 5.41) is 0.915. The number of aryl methyl sites for hydroxylation is 1. The fourth-order valence-corrected chi connectivity index (χ4v) is 7.65. The van der Waals surface area contributed by atoms with Gasteiger partial charge in [-0.25, -0.2) is 0 Å². The molecule has 53 heavy (non-hydrogen) atoms. The van der Waals surface area contributed by atoms with Gasteiger partial charge in [-0.3, -0.25) is 0 Å². The summed E-state index contributed by atoms with van der Waals surface area (Å²) in [6.45, 7) is 25.9. The van der Waals surface area contributed by atoms with Gasteiger partial charge >= 0.3 is 0 Å². The van der Waals surface area contributed by atoms with Gasteiger partial charge in [-0.05, 0) is 122 Å². The Hall–Kier alpha value is -4.70. The lowest BCUT2D eigenvalue weighted by molar-refractivity contribution is 0.590. The van der Waals surface area contributed by atoms with E-state index in [1.165, 1.54) is 5.56 Å². The number of nitrogens with zero attached hydrogens (tertiary/aromatic N) is 2. The minimum atomic E-state index is -0.714. The van der Waals surface area contributed by atoms with Crippen LogP contribution in [0.15, 0.2) is 101 Å². The SMILES string of the molecule is [2H]c1c([2H])c(C(C)(C)C)c([2H])c([2H])c1N1c2cc(C)cc3c2B(c2oc4ccc(C(C)(C)C)cc4c2N3c2ccc(C(C)(C)C)cc2)c2c([2H])c(C(C)(C)C)c([2H])c([2H])c21. The largest absolute Gasteiger partial charge is 0.468 e. The molecule has 0 radical (unpaired) electrons. The van der Waals surface area contributed by atoms with Crippen LogP contribution in [-0.2, 0) is 21.7 Å². The predicted molar refractivity (Wildman–Crippen MR) is 230 cm³/mol. The predicted octanol–water partition coefficient (Wildman–Crippen LogP) is 12.0. The van der Waals surface area contributed by atoms with Crippen molar-refractivity contribution in [3.8, 4) is 0 Å². The summed E-state index contributed by atoms with van der Waals surface area (Å²) >= 11 is 0. The van der Waals surface area contributed by atoms with Crippen LogP contribution in [0.25, 0.3) is 11.0 Å². The minimum Gasteiger partial charge on any atom is -0.468 e. The molecule has 0 saturated carbocycles. The van der Waals surface area contributed by atoms with Gasteiger partial charge in [-0.2, -0.15) is 0 Å². The van der Waals surface area contributed by atoms with Crippen LogP contribution in [0.3, 0.4) is 0 Å². The summed E-state index contributed by atoms with van der Waals surface area (Å²) in [6.07, 6.45) is 0. The second kappa shape index (κ2) is 11.7. The molecule has 2 aliphatic rings. The van der Waals surface area contributed by atoms with Crippen LogP contribution in [0.2, 0.25) is 0 Å². The molecular weight excluding hydrogens is 643 g/mol. The zero-order valence-corrected chi connectivity index (χ0v) is 33.6. The van der Waals surface area contributed by atoms with Crippen molar-refractivity contribution in [3.63, 3.8) is 0 Å². The molecule has 4 heteroatoms. The normalized spacial score (nSPS) is 16.2. The van der Waals surface area contributed by atoms with E-state index in [1.807, 2.05) is 60.6 Å². The number of benzene rings is 5. The van der Waals surface area contributed by atoms with Gasteiger partial charge in [0.25, 0.3) is 6.71 Å². The maximum absolute atomic E-state index is 10.1. The van der Waals surface area contributed by atoms with Gasteiger partial charge in [0.1, 0.15) is 5.58 Å². The van der Waals surface area contributed by atoms with Crippen molar-refractivity contribution < 1.29 is 14.0 Å². The lowest BCUT2D eigenvalue weighted by atomic mass is 9.35. The number of furan rings is 1. The van der Waals surface area contributed by atoms with E-state index < -0.39 is 17.5 Å². The number of hydrogen-bond acceptors (Lipinski definition) is 3. The van der Waals surface area contributed by atoms with E-state index in [4.69, 9.17) is 4.42 Å². The molecule has 3 nitrogen and oxygen atoms in total. The number of anilines is 6. The zero-order valence-electron chi connectivity index (χ0n) is 40.6. The average molecular weight is 706 g/mol. The molecule has 0 atom stereocenters.